The second kappa shape index (κ2) is 6.96. The van der Waals surface area contributed by atoms with Gasteiger partial charge in [0.05, 0.1) is 16.9 Å². The molecule has 3 nitrogen and oxygen atoms in total. The van der Waals surface area contributed by atoms with Crippen LogP contribution >= 0.6 is 0 Å². The number of benzene rings is 2. The van der Waals surface area contributed by atoms with E-state index in [1.165, 1.54) is 22.3 Å². The third kappa shape index (κ3) is 3.57. The average molecular weight is 339 g/mol. The molecule has 0 bridgehead atoms. The van der Waals surface area contributed by atoms with Crippen molar-refractivity contribution >= 4 is 23.1 Å². The first-order valence-electron chi connectivity index (χ1n) is 8.81. The van der Waals surface area contributed by atoms with Crippen molar-refractivity contribution in [3.8, 4) is 0 Å². The number of hydrogen-bond donors (Lipinski definition) is 1. The number of rotatable bonds is 4. The standard InChI is InChI=1S/C23H21N3/c1-16-11-17(2)13-19(12-16)14-18-6-8-22-21(15-18)23(26-25-22)9-7-20-5-3-4-10-24-20/h3-13,15H,14H2,1-2H3,(H,25,26)/b9-7+. The van der Waals surface area contributed by atoms with Crippen molar-refractivity contribution in [1.29, 1.82) is 0 Å². The Morgan fingerprint density at radius 2 is 1.73 bits per heavy atom. The SMILES string of the molecule is Cc1cc(C)cc(Cc2ccc3n[nH]c(/C=C/c4ccccn4)c3c2)c1. The van der Waals surface area contributed by atoms with Crippen LogP contribution in [0.1, 0.15) is 33.6 Å². The highest BCUT2D eigenvalue weighted by atomic mass is 15.1. The molecule has 1 N–H and O–H groups in total. The van der Waals surface area contributed by atoms with Crippen molar-refractivity contribution in [3.05, 3.63) is 94.4 Å². The highest BCUT2D eigenvalue weighted by Gasteiger charge is 2.05. The van der Waals surface area contributed by atoms with Gasteiger partial charge < -0.3 is 0 Å². The van der Waals surface area contributed by atoms with Gasteiger partial charge in [0.25, 0.3) is 0 Å². The molecular formula is C23H21N3. The zero-order chi connectivity index (χ0) is 17.9. The van der Waals surface area contributed by atoms with E-state index in [1.54, 1.807) is 6.20 Å². The monoisotopic (exact) mass is 339 g/mol. The Hall–Kier alpha value is -3.20. The van der Waals surface area contributed by atoms with Gasteiger partial charge in [0, 0.05) is 11.6 Å². The second-order valence-corrected chi connectivity index (χ2v) is 6.75. The third-order valence-corrected chi connectivity index (χ3v) is 4.45. The topological polar surface area (TPSA) is 41.6 Å². The number of H-pyrrole nitrogens is 1. The molecule has 0 amide bonds. The van der Waals surface area contributed by atoms with Gasteiger partial charge in [0.2, 0.25) is 0 Å². The van der Waals surface area contributed by atoms with E-state index in [0.717, 1.165) is 28.7 Å². The fourth-order valence-electron chi connectivity index (χ4n) is 3.36. The molecule has 0 aliphatic carbocycles. The molecule has 0 saturated heterocycles. The molecule has 0 spiro atoms. The van der Waals surface area contributed by atoms with Crippen LogP contribution in [0.5, 0.6) is 0 Å². The van der Waals surface area contributed by atoms with Gasteiger partial charge in [-0.05, 0) is 67.8 Å². The van der Waals surface area contributed by atoms with Gasteiger partial charge >= 0.3 is 0 Å². The van der Waals surface area contributed by atoms with Gasteiger partial charge in [-0.2, -0.15) is 5.10 Å². The summed E-state index contributed by atoms with van der Waals surface area (Å²) in [5.74, 6) is 0. The van der Waals surface area contributed by atoms with Crippen LogP contribution in [0.4, 0.5) is 0 Å². The number of nitrogens with zero attached hydrogens (tertiary/aromatic N) is 2. The van der Waals surface area contributed by atoms with E-state index in [0.29, 0.717) is 0 Å². The summed E-state index contributed by atoms with van der Waals surface area (Å²) in [6, 6.07) is 19.1. The third-order valence-electron chi connectivity index (χ3n) is 4.45. The predicted octanol–water partition coefficient (Wildman–Crippen LogP) is 5.34. The average Bonchev–Trinajstić information content (AvgIpc) is 3.02. The van der Waals surface area contributed by atoms with E-state index in [4.69, 9.17) is 0 Å². The molecule has 26 heavy (non-hydrogen) atoms. The summed E-state index contributed by atoms with van der Waals surface area (Å²) in [6.07, 6.45) is 6.77. The molecule has 0 unspecified atom stereocenters. The van der Waals surface area contributed by atoms with E-state index < -0.39 is 0 Å². The molecule has 3 heteroatoms. The van der Waals surface area contributed by atoms with Crippen LogP contribution in [0.3, 0.4) is 0 Å². The quantitative estimate of drug-likeness (QED) is 0.545. The molecule has 0 fully saturated rings. The van der Waals surface area contributed by atoms with Crippen LogP contribution in [-0.4, -0.2) is 15.2 Å². The number of aryl methyl sites for hydroxylation is 2. The summed E-state index contributed by atoms with van der Waals surface area (Å²) in [5, 5.41) is 8.68. The summed E-state index contributed by atoms with van der Waals surface area (Å²) >= 11 is 0. The maximum Gasteiger partial charge on any atom is 0.0927 e. The Kier molecular flexibility index (Phi) is 4.36. The fourth-order valence-corrected chi connectivity index (χ4v) is 3.36. The number of nitrogens with one attached hydrogen (secondary N) is 1. The van der Waals surface area contributed by atoms with Gasteiger partial charge in [0.1, 0.15) is 0 Å². The van der Waals surface area contributed by atoms with E-state index in [1.807, 2.05) is 30.4 Å². The summed E-state index contributed by atoms with van der Waals surface area (Å²) < 4.78 is 0. The van der Waals surface area contributed by atoms with E-state index in [9.17, 15) is 0 Å². The van der Waals surface area contributed by atoms with Crippen LogP contribution in [0, 0.1) is 13.8 Å². The molecule has 2 heterocycles. The molecule has 0 saturated carbocycles. The largest absolute Gasteiger partial charge is 0.277 e. The van der Waals surface area contributed by atoms with Crippen LogP contribution < -0.4 is 0 Å². The Morgan fingerprint density at radius 3 is 2.50 bits per heavy atom. The molecular weight excluding hydrogens is 318 g/mol. The highest BCUT2D eigenvalue weighted by molar-refractivity contribution is 5.89. The molecule has 0 atom stereocenters. The summed E-state index contributed by atoms with van der Waals surface area (Å²) in [4.78, 5) is 4.33. The van der Waals surface area contributed by atoms with Crippen molar-refractivity contribution in [2.24, 2.45) is 0 Å². The Bertz CT molecular complexity index is 1060. The van der Waals surface area contributed by atoms with Crippen molar-refractivity contribution in [1.82, 2.24) is 15.2 Å². The highest BCUT2D eigenvalue weighted by Crippen LogP contribution is 2.22. The lowest BCUT2D eigenvalue weighted by Gasteiger charge is -2.06. The van der Waals surface area contributed by atoms with Crippen molar-refractivity contribution < 1.29 is 0 Å². The van der Waals surface area contributed by atoms with Crippen molar-refractivity contribution in [2.45, 2.75) is 20.3 Å². The van der Waals surface area contributed by atoms with Crippen LogP contribution in [0.15, 0.2) is 60.8 Å². The minimum Gasteiger partial charge on any atom is -0.277 e. The number of fused-ring (bicyclic) bond motifs is 1. The lowest BCUT2D eigenvalue weighted by atomic mass is 9.99. The van der Waals surface area contributed by atoms with Crippen LogP contribution in [0.2, 0.25) is 0 Å². The fraction of sp³-hybridized carbons (Fsp3) is 0.130. The molecule has 0 aliphatic heterocycles. The molecule has 0 aliphatic rings. The molecule has 0 radical (unpaired) electrons. The van der Waals surface area contributed by atoms with Crippen LogP contribution in [0.25, 0.3) is 23.1 Å². The van der Waals surface area contributed by atoms with Gasteiger partial charge in [0.15, 0.2) is 0 Å². The minimum atomic E-state index is 0.924. The van der Waals surface area contributed by atoms with Crippen LogP contribution in [-0.2, 0) is 6.42 Å². The van der Waals surface area contributed by atoms with Crippen molar-refractivity contribution in [2.75, 3.05) is 0 Å². The summed E-state index contributed by atoms with van der Waals surface area (Å²) in [6.45, 7) is 4.30. The van der Waals surface area contributed by atoms with Gasteiger partial charge in [-0.15, -0.1) is 0 Å². The summed E-state index contributed by atoms with van der Waals surface area (Å²) in [7, 11) is 0. The molecule has 128 valence electrons. The normalized spacial score (nSPS) is 11.5. The first-order chi connectivity index (χ1) is 12.7. The maximum atomic E-state index is 4.41. The number of aromatic nitrogens is 3. The molecule has 2 aromatic heterocycles. The maximum absolute atomic E-state index is 4.41. The first kappa shape index (κ1) is 16.3. The van der Waals surface area contributed by atoms with E-state index >= 15 is 0 Å². The Labute approximate surface area is 153 Å². The Morgan fingerprint density at radius 1 is 0.885 bits per heavy atom. The number of hydrogen-bond acceptors (Lipinski definition) is 2. The smallest absolute Gasteiger partial charge is 0.0927 e. The zero-order valence-electron chi connectivity index (χ0n) is 15.0. The number of pyridine rings is 1. The van der Waals surface area contributed by atoms with E-state index in [-0.39, 0.29) is 0 Å². The lowest BCUT2D eigenvalue weighted by molar-refractivity contribution is 1.11. The minimum absolute atomic E-state index is 0.924. The molecule has 4 rings (SSSR count). The predicted molar refractivity (Wildman–Crippen MR) is 108 cm³/mol. The van der Waals surface area contributed by atoms with E-state index in [2.05, 4.69) is 65.4 Å². The molecule has 2 aromatic carbocycles. The van der Waals surface area contributed by atoms with Crippen molar-refractivity contribution in [3.63, 3.8) is 0 Å². The van der Waals surface area contributed by atoms with Gasteiger partial charge in [-0.1, -0.05) is 41.5 Å². The zero-order valence-corrected chi connectivity index (χ0v) is 15.0. The van der Waals surface area contributed by atoms with Gasteiger partial charge in [-0.25, -0.2) is 0 Å². The summed E-state index contributed by atoms with van der Waals surface area (Å²) in [5.41, 5.74) is 8.17. The second-order valence-electron chi connectivity index (χ2n) is 6.75. The Balaban J connectivity index is 1.65. The first-order valence-corrected chi connectivity index (χ1v) is 8.81. The lowest BCUT2D eigenvalue weighted by Crippen LogP contribution is -1.90. The van der Waals surface area contributed by atoms with Gasteiger partial charge in [-0.3, -0.25) is 10.1 Å². The molecule has 4 aromatic rings. The number of aromatic amines is 1.